The summed E-state index contributed by atoms with van der Waals surface area (Å²) in [4.78, 5) is 37.9. The molecule has 2 amide bonds. The van der Waals surface area contributed by atoms with Crippen LogP contribution < -0.4 is 10.2 Å². The predicted molar refractivity (Wildman–Crippen MR) is 128 cm³/mol. The van der Waals surface area contributed by atoms with Gasteiger partial charge in [0.15, 0.2) is 0 Å². The third kappa shape index (κ3) is 3.94. The molecule has 0 bridgehead atoms. The fourth-order valence-corrected chi connectivity index (χ4v) is 6.79. The summed E-state index contributed by atoms with van der Waals surface area (Å²) in [5.41, 5.74) is 1.36. The third-order valence-electron chi connectivity index (χ3n) is 8.37. The SMILES string of the molecule is CC1C2CCCCC2N2C(C(=O)NC[C@H]3CCCN3C(C)C)=CN(c3cccnc3)C(=O)C12. The maximum atomic E-state index is 13.7. The highest BCUT2D eigenvalue weighted by Crippen LogP contribution is 2.47. The summed E-state index contributed by atoms with van der Waals surface area (Å²) in [5, 5.41) is 3.24. The van der Waals surface area contributed by atoms with Gasteiger partial charge in [0, 0.05) is 37.1 Å². The summed E-state index contributed by atoms with van der Waals surface area (Å²) in [6.07, 6.45) is 12.0. The summed E-state index contributed by atoms with van der Waals surface area (Å²) in [5.74, 6) is 0.687. The zero-order chi connectivity index (χ0) is 23.1. The monoisotopic (exact) mass is 451 g/mol. The molecule has 0 aromatic carbocycles. The number of carbonyl (C=O) groups excluding carboxylic acids is 2. The number of hydrogen-bond donors (Lipinski definition) is 1. The van der Waals surface area contributed by atoms with E-state index in [1.807, 2.05) is 12.1 Å². The number of pyridine rings is 1. The third-order valence-corrected chi connectivity index (χ3v) is 8.37. The number of aromatic nitrogens is 1. The Kier molecular flexibility index (Phi) is 6.16. The Balaban J connectivity index is 1.44. The fraction of sp³-hybridized carbons (Fsp3) is 0.654. The molecule has 1 aliphatic carbocycles. The van der Waals surface area contributed by atoms with Gasteiger partial charge >= 0.3 is 0 Å². The highest BCUT2D eigenvalue weighted by Gasteiger charge is 2.54. The van der Waals surface area contributed by atoms with Crippen molar-refractivity contribution in [3.8, 4) is 0 Å². The Hall–Kier alpha value is -2.41. The molecule has 1 saturated carbocycles. The topological polar surface area (TPSA) is 68.8 Å². The van der Waals surface area contributed by atoms with Crippen LogP contribution in [-0.2, 0) is 9.59 Å². The number of hydrogen-bond acceptors (Lipinski definition) is 5. The zero-order valence-corrected chi connectivity index (χ0v) is 20.1. The molecule has 5 rings (SSSR count). The Morgan fingerprint density at radius 1 is 1.21 bits per heavy atom. The van der Waals surface area contributed by atoms with Gasteiger partial charge in [0.1, 0.15) is 11.7 Å². The Morgan fingerprint density at radius 3 is 2.79 bits per heavy atom. The van der Waals surface area contributed by atoms with E-state index in [0.29, 0.717) is 30.2 Å². The number of rotatable bonds is 5. The highest BCUT2D eigenvalue weighted by molar-refractivity contribution is 6.05. The lowest BCUT2D eigenvalue weighted by Crippen LogP contribution is -2.55. The van der Waals surface area contributed by atoms with E-state index in [2.05, 4.69) is 40.9 Å². The average molecular weight is 452 g/mol. The van der Waals surface area contributed by atoms with E-state index in [-0.39, 0.29) is 29.8 Å². The van der Waals surface area contributed by atoms with Crippen LogP contribution in [0.2, 0.25) is 0 Å². The van der Waals surface area contributed by atoms with Crippen molar-refractivity contribution in [1.82, 2.24) is 20.1 Å². The molecule has 1 aromatic heterocycles. The largest absolute Gasteiger partial charge is 0.350 e. The number of likely N-dealkylation sites (tertiary alicyclic amines) is 1. The number of nitrogens with zero attached hydrogens (tertiary/aromatic N) is 4. The molecule has 1 N–H and O–H groups in total. The number of carbonyl (C=O) groups is 2. The average Bonchev–Trinajstić information content (AvgIpc) is 3.42. The molecule has 0 spiro atoms. The maximum Gasteiger partial charge on any atom is 0.269 e. The second-order valence-electron chi connectivity index (χ2n) is 10.5. The summed E-state index contributed by atoms with van der Waals surface area (Å²) in [7, 11) is 0. The Labute approximate surface area is 197 Å². The lowest BCUT2D eigenvalue weighted by molar-refractivity contribution is -0.126. The molecule has 7 nitrogen and oxygen atoms in total. The smallest absolute Gasteiger partial charge is 0.269 e. The van der Waals surface area contributed by atoms with Crippen LogP contribution in [-0.4, -0.2) is 63.9 Å². The van der Waals surface area contributed by atoms with Crippen molar-refractivity contribution >= 4 is 17.5 Å². The summed E-state index contributed by atoms with van der Waals surface area (Å²) in [6.45, 7) is 8.39. The van der Waals surface area contributed by atoms with Crippen LogP contribution in [0.1, 0.15) is 59.3 Å². The lowest BCUT2D eigenvalue weighted by atomic mass is 9.79. The normalized spacial score (nSPS) is 32.1. The molecule has 2 saturated heterocycles. The van der Waals surface area contributed by atoms with Crippen molar-refractivity contribution < 1.29 is 9.59 Å². The molecule has 1 aromatic rings. The van der Waals surface area contributed by atoms with Crippen molar-refractivity contribution in [3.63, 3.8) is 0 Å². The predicted octanol–water partition coefficient (Wildman–Crippen LogP) is 3.14. The van der Waals surface area contributed by atoms with Crippen LogP contribution in [0.3, 0.4) is 0 Å². The van der Waals surface area contributed by atoms with Crippen LogP contribution in [0.4, 0.5) is 5.69 Å². The molecular formula is C26H37N5O2. The minimum absolute atomic E-state index is 0.0585. The Bertz CT molecular complexity index is 917. The van der Waals surface area contributed by atoms with E-state index in [4.69, 9.17) is 0 Å². The summed E-state index contributed by atoms with van der Waals surface area (Å²) < 4.78 is 0. The minimum atomic E-state index is -0.289. The second-order valence-corrected chi connectivity index (χ2v) is 10.5. The number of amides is 2. The van der Waals surface area contributed by atoms with Crippen molar-refractivity contribution in [2.75, 3.05) is 18.0 Å². The van der Waals surface area contributed by atoms with Crippen molar-refractivity contribution in [2.45, 2.75) is 83.5 Å². The van der Waals surface area contributed by atoms with E-state index in [1.54, 1.807) is 23.5 Å². The molecule has 3 fully saturated rings. The van der Waals surface area contributed by atoms with Crippen LogP contribution in [0.15, 0.2) is 36.4 Å². The number of fused-ring (bicyclic) bond motifs is 3. The summed E-state index contributed by atoms with van der Waals surface area (Å²) in [6, 6.07) is 4.56. The van der Waals surface area contributed by atoms with E-state index < -0.39 is 0 Å². The first-order chi connectivity index (χ1) is 16.0. The van der Waals surface area contributed by atoms with Crippen LogP contribution in [0.25, 0.3) is 0 Å². The molecule has 5 atom stereocenters. The van der Waals surface area contributed by atoms with E-state index in [9.17, 15) is 9.59 Å². The molecule has 4 unspecified atom stereocenters. The van der Waals surface area contributed by atoms with Gasteiger partial charge in [-0.05, 0) is 70.0 Å². The van der Waals surface area contributed by atoms with E-state index in [0.717, 1.165) is 37.9 Å². The summed E-state index contributed by atoms with van der Waals surface area (Å²) >= 11 is 0. The quantitative estimate of drug-likeness (QED) is 0.745. The van der Waals surface area contributed by atoms with E-state index in [1.165, 1.54) is 12.8 Å². The molecule has 4 aliphatic rings. The zero-order valence-electron chi connectivity index (χ0n) is 20.1. The van der Waals surface area contributed by atoms with Crippen molar-refractivity contribution in [3.05, 3.63) is 36.4 Å². The first kappa shape index (κ1) is 22.4. The van der Waals surface area contributed by atoms with Gasteiger partial charge in [0.05, 0.1) is 11.9 Å². The van der Waals surface area contributed by atoms with Crippen molar-refractivity contribution in [1.29, 1.82) is 0 Å². The van der Waals surface area contributed by atoms with Gasteiger partial charge < -0.3 is 10.2 Å². The molecule has 178 valence electrons. The second kappa shape index (κ2) is 9.09. The van der Waals surface area contributed by atoms with Crippen LogP contribution in [0, 0.1) is 11.8 Å². The van der Waals surface area contributed by atoms with Crippen LogP contribution in [0.5, 0.6) is 0 Å². The van der Waals surface area contributed by atoms with Gasteiger partial charge in [0.2, 0.25) is 0 Å². The fourth-order valence-electron chi connectivity index (χ4n) is 6.79. The molecule has 3 aliphatic heterocycles. The number of anilines is 1. The first-order valence-electron chi connectivity index (χ1n) is 12.7. The molecule has 7 heteroatoms. The number of nitrogens with one attached hydrogen (secondary N) is 1. The van der Waals surface area contributed by atoms with Gasteiger partial charge in [-0.15, -0.1) is 0 Å². The molecule has 33 heavy (non-hydrogen) atoms. The standard InChI is InChI=1S/C26H37N5O2/c1-17(2)29-13-7-9-20(29)15-28-25(32)23-16-30(19-8-6-12-27-14-19)26(33)24-18(3)21-10-4-5-11-22(21)31(23)24/h6,8,12,14,16-18,20-22,24H,4-5,7,9-11,13,15H2,1-3H3,(H,28,32)/t18?,20-,21?,22?,24?/m1/s1. The van der Waals surface area contributed by atoms with Gasteiger partial charge in [-0.1, -0.05) is 19.8 Å². The van der Waals surface area contributed by atoms with Gasteiger partial charge in [0.25, 0.3) is 11.8 Å². The molecule has 4 heterocycles. The van der Waals surface area contributed by atoms with Crippen molar-refractivity contribution in [2.24, 2.45) is 11.8 Å². The molecular weight excluding hydrogens is 414 g/mol. The van der Waals surface area contributed by atoms with Crippen LogP contribution >= 0.6 is 0 Å². The minimum Gasteiger partial charge on any atom is -0.350 e. The van der Waals surface area contributed by atoms with Gasteiger partial charge in [-0.3, -0.25) is 24.4 Å². The Morgan fingerprint density at radius 2 is 2.03 bits per heavy atom. The lowest BCUT2D eigenvalue weighted by Gasteiger charge is -2.41. The molecule has 0 radical (unpaired) electrons. The van der Waals surface area contributed by atoms with Gasteiger partial charge in [-0.2, -0.15) is 0 Å². The highest BCUT2D eigenvalue weighted by atomic mass is 16.2. The first-order valence-corrected chi connectivity index (χ1v) is 12.7. The van der Waals surface area contributed by atoms with Gasteiger partial charge in [-0.25, -0.2) is 0 Å². The maximum absolute atomic E-state index is 13.7. The van der Waals surface area contributed by atoms with E-state index >= 15 is 0 Å².